The van der Waals surface area contributed by atoms with Crippen molar-refractivity contribution in [2.45, 2.75) is 33.6 Å². The lowest BCUT2D eigenvalue weighted by Gasteiger charge is -2.15. The molecule has 2 aromatic carbocycles. The van der Waals surface area contributed by atoms with Gasteiger partial charge in [-0.25, -0.2) is 0 Å². The maximum Gasteiger partial charge on any atom is 0.249 e. The average molecular weight is 294 g/mol. The molecule has 0 aliphatic carbocycles. The van der Waals surface area contributed by atoms with Gasteiger partial charge in [0.05, 0.1) is 5.41 Å². The van der Waals surface area contributed by atoms with E-state index in [1.807, 2.05) is 13.8 Å². The average Bonchev–Trinajstić information content (AvgIpc) is 2.75. The molecule has 0 spiro atoms. The predicted octanol–water partition coefficient (Wildman–Crippen LogP) is 3.79. The first kappa shape index (κ1) is 14.6. The third-order valence-electron chi connectivity index (χ3n) is 4.37. The summed E-state index contributed by atoms with van der Waals surface area (Å²) in [6.07, 6.45) is 4.31. The molecule has 3 nitrogen and oxygen atoms in total. The molecule has 3 heteroatoms. The normalized spacial score (nSPS) is 18.5. The molecule has 22 heavy (non-hydrogen) atoms. The highest BCUT2D eigenvalue weighted by atomic mass is 16.2. The number of carbonyl (C=O) groups is 1. The quantitative estimate of drug-likeness (QED) is 0.904. The Morgan fingerprint density at radius 3 is 2.64 bits per heavy atom. The SMILES string of the molecule is CCCc1ccc2cccc(/C=C3\NNC(=O)C3(C)C)c2c1. The van der Waals surface area contributed by atoms with Gasteiger partial charge in [-0.2, -0.15) is 0 Å². The van der Waals surface area contributed by atoms with Crippen LogP contribution in [0.25, 0.3) is 16.8 Å². The molecule has 1 amide bonds. The summed E-state index contributed by atoms with van der Waals surface area (Å²) < 4.78 is 0. The second-order valence-corrected chi connectivity index (χ2v) is 6.41. The molecule has 0 atom stereocenters. The number of carbonyl (C=O) groups excluding carboxylic acids is 1. The summed E-state index contributed by atoms with van der Waals surface area (Å²) >= 11 is 0. The number of fused-ring (bicyclic) bond motifs is 1. The summed E-state index contributed by atoms with van der Waals surface area (Å²) in [5.41, 5.74) is 8.59. The number of nitrogens with one attached hydrogen (secondary N) is 2. The van der Waals surface area contributed by atoms with Crippen molar-refractivity contribution in [2.75, 3.05) is 0 Å². The Morgan fingerprint density at radius 1 is 1.14 bits per heavy atom. The summed E-state index contributed by atoms with van der Waals surface area (Å²) in [5.74, 6) is 0.00524. The Labute approximate surface area is 131 Å². The number of hydrogen-bond acceptors (Lipinski definition) is 2. The fraction of sp³-hybridized carbons (Fsp3) is 0.316. The molecule has 0 radical (unpaired) electrons. The number of amides is 1. The van der Waals surface area contributed by atoms with E-state index in [1.165, 1.54) is 16.3 Å². The fourth-order valence-corrected chi connectivity index (χ4v) is 2.84. The Bertz CT molecular complexity index is 759. The van der Waals surface area contributed by atoms with Crippen LogP contribution in [0.3, 0.4) is 0 Å². The Hall–Kier alpha value is -2.29. The van der Waals surface area contributed by atoms with E-state index in [4.69, 9.17) is 0 Å². The molecule has 2 N–H and O–H groups in total. The van der Waals surface area contributed by atoms with Crippen LogP contribution < -0.4 is 10.9 Å². The van der Waals surface area contributed by atoms with E-state index in [2.05, 4.69) is 60.2 Å². The van der Waals surface area contributed by atoms with Crippen molar-refractivity contribution in [3.05, 3.63) is 53.2 Å². The van der Waals surface area contributed by atoms with E-state index < -0.39 is 5.41 Å². The smallest absolute Gasteiger partial charge is 0.249 e. The van der Waals surface area contributed by atoms with Crippen molar-refractivity contribution >= 4 is 22.8 Å². The highest BCUT2D eigenvalue weighted by molar-refractivity contribution is 5.94. The van der Waals surface area contributed by atoms with E-state index in [0.29, 0.717) is 0 Å². The van der Waals surface area contributed by atoms with Crippen LogP contribution in [0.5, 0.6) is 0 Å². The molecular weight excluding hydrogens is 272 g/mol. The van der Waals surface area contributed by atoms with Gasteiger partial charge in [0.2, 0.25) is 5.91 Å². The Balaban J connectivity index is 2.11. The summed E-state index contributed by atoms with van der Waals surface area (Å²) in [7, 11) is 0. The van der Waals surface area contributed by atoms with Gasteiger partial charge in [0.15, 0.2) is 0 Å². The minimum Gasteiger partial charge on any atom is -0.302 e. The van der Waals surface area contributed by atoms with Crippen LogP contribution in [0.4, 0.5) is 0 Å². The summed E-state index contributed by atoms with van der Waals surface area (Å²) in [6.45, 7) is 6.06. The largest absolute Gasteiger partial charge is 0.302 e. The van der Waals surface area contributed by atoms with Gasteiger partial charge in [-0.15, -0.1) is 0 Å². The molecule has 3 rings (SSSR count). The summed E-state index contributed by atoms with van der Waals surface area (Å²) in [5, 5.41) is 2.46. The summed E-state index contributed by atoms with van der Waals surface area (Å²) in [4.78, 5) is 11.9. The zero-order valence-electron chi connectivity index (χ0n) is 13.4. The summed E-state index contributed by atoms with van der Waals surface area (Å²) in [6, 6.07) is 12.9. The lowest BCUT2D eigenvalue weighted by molar-refractivity contribution is -0.125. The number of hydrazine groups is 1. The van der Waals surface area contributed by atoms with E-state index in [9.17, 15) is 4.79 Å². The van der Waals surface area contributed by atoms with Crippen LogP contribution >= 0.6 is 0 Å². The fourth-order valence-electron chi connectivity index (χ4n) is 2.84. The molecule has 0 unspecified atom stereocenters. The maximum absolute atomic E-state index is 11.9. The first-order valence-corrected chi connectivity index (χ1v) is 7.82. The van der Waals surface area contributed by atoms with Gasteiger partial charge >= 0.3 is 0 Å². The standard InChI is InChI=1S/C19H22N2O/c1-4-6-13-9-10-14-7-5-8-15(16(14)11-13)12-17-19(2,3)18(22)21-20-17/h5,7-12,20H,4,6H2,1-3H3,(H,21,22)/b17-12-. The first-order chi connectivity index (χ1) is 10.5. The van der Waals surface area contributed by atoms with Crippen LogP contribution in [-0.4, -0.2) is 5.91 Å². The number of benzene rings is 2. The molecule has 2 aromatic rings. The van der Waals surface area contributed by atoms with Gasteiger partial charge in [-0.1, -0.05) is 49.7 Å². The third-order valence-corrected chi connectivity index (χ3v) is 4.37. The highest BCUT2D eigenvalue weighted by Gasteiger charge is 2.37. The molecule has 1 aliphatic rings. The molecule has 1 saturated heterocycles. The molecule has 0 bridgehead atoms. The maximum atomic E-state index is 11.9. The zero-order valence-corrected chi connectivity index (χ0v) is 13.4. The van der Waals surface area contributed by atoms with Crippen LogP contribution in [0, 0.1) is 5.41 Å². The van der Waals surface area contributed by atoms with Crippen molar-refractivity contribution in [2.24, 2.45) is 5.41 Å². The van der Waals surface area contributed by atoms with E-state index in [0.717, 1.165) is 24.1 Å². The molecular formula is C19H22N2O. The van der Waals surface area contributed by atoms with Crippen molar-refractivity contribution in [1.82, 2.24) is 10.9 Å². The molecule has 1 aliphatic heterocycles. The van der Waals surface area contributed by atoms with Gasteiger partial charge in [-0.3, -0.25) is 10.2 Å². The van der Waals surface area contributed by atoms with Crippen LogP contribution in [-0.2, 0) is 11.2 Å². The lowest BCUT2D eigenvalue weighted by Crippen LogP contribution is -2.28. The van der Waals surface area contributed by atoms with Gasteiger partial charge in [0.1, 0.15) is 0 Å². The second kappa shape index (κ2) is 5.48. The second-order valence-electron chi connectivity index (χ2n) is 6.41. The van der Waals surface area contributed by atoms with E-state index >= 15 is 0 Å². The van der Waals surface area contributed by atoms with Crippen LogP contribution in [0.15, 0.2) is 42.1 Å². The zero-order chi connectivity index (χ0) is 15.7. The minimum atomic E-state index is -0.525. The van der Waals surface area contributed by atoms with Crippen molar-refractivity contribution in [3.63, 3.8) is 0 Å². The number of rotatable bonds is 3. The van der Waals surface area contributed by atoms with Gasteiger partial charge in [-0.05, 0) is 48.2 Å². The van der Waals surface area contributed by atoms with E-state index in [-0.39, 0.29) is 5.91 Å². The molecule has 0 aromatic heterocycles. The predicted molar refractivity (Wildman–Crippen MR) is 91.0 cm³/mol. The Morgan fingerprint density at radius 2 is 1.95 bits per heavy atom. The number of hydrogen-bond donors (Lipinski definition) is 2. The van der Waals surface area contributed by atoms with Crippen molar-refractivity contribution in [1.29, 1.82) is 0 Å². The lowest BCUT2D eigenvalue weighted by atomic mass is 9.88. The van der Waals surface area contributed by atoms with Crippen LogP contribution in [0.1, 0.15) is 38.3 Å². The van der Waals surface area contributed by atoms with Crippen molar-refractivity contribution < 1.29 is 4.79 Å². The molecule has 1 fully saturated rings. The van der Waals surface area contributed by atoms with Crippen molar-refractivity contribution in [3.8, 4) is 0 Å². The molecule has 114 valence electrons. The minimum absolute atomic E-state index is 0.00524. The van der Waals surface area contributed by atoms with Crippen LogP contribution in [0.2, 0.25) is 0 Å². The van der Waals surface area contributed by atoms with Gasteiger partial charge in [0, 0.05) is 5.70 Å². The third kappa shape index (κ3) is 2.47. The van der Waals surface area contributed by atoms with Gasteiger partial charge < -0.3 is 5.43 Å². The Kier molecular flexibility index (Phi) is 3.65. The highest BCUT2D eigenvalue weighted by Crippen LogP contribution is 2.31. The molecule has 1 heterocycles. The molecule has 0 saturated carbocycles. The monoisotopic (exact) mass is 294 g/mol. The first-order valence-electron chi connectivity index (χ1n) is 7.82. The topological polar surface area (TPSA) is 41.1 Å². The number of aryl methyl sites for hydroxylation is 1. The van der Waals surface area contributed by atoms with E-state index in [1.54, 1.807) is 0 Å². The van der Waals surface area contributed by atoms with Gasteiger partial charge in [0.25, 0.3) is 0 Å².